The molecule has 0 aliphatic carbocycles. The van der Waals surface area contributed by atoms with Crippen LogP contribution in [-0.2, 0) is 0 Å². The van der Waals surface area contributed by atoms with Crippen molar-refractivity contribution >= 4 is 50.3 Å². The number of rotatable bonds is 5. The van der Waals surface area contributed by atoms with E-state index < -0.39 is 0 Å². The third-order valence-electron chi connectivity index (χ3n) is 5.74. The summed E-state index contributed by atoms with van der Waals surface area (Å²) < 4.78 is 5.44. The number of ether oxygens (including phenoxy) is 1. The Morgan fingerprint density at radius 2 is 1.94 bits per heavy atom. The molecule has 35 heavy (non-hydrogen) atoms. The minimum absolute atomic E-state index is 0.274. The Bertz CT molecular complexity index is 1410. The van der Waals surface area contributed by atoms with E-state index in [0.717, 1.165) is 5.69 Å². The molecule has 4 aromatic heterocycles. The zero-order valence-corrected chi connectivity index (χ0v) is 20.6. The monoisotopic (exact) mass is 511 g/mol. The fraction of sp³-hybridized carbons (Fsp3) is 0.304. The molecule has 5 rings (SSSR count). The van der Waals surface area contributed by atoms with E-state index in [9.17, 15) is 9.90 Å². The summed E-state index contributed by atoms with van der Waals surface area (Å²) in [6, 6.07) is 3.45. The van der Waals surface area contributed by atoms with Crippen LogP contribution < -0.4 is 15.0 Å². The molecule has 0 atom stereocenters. The number of thiazole rings is 1. The van der Waals surface area contributed by atoms with Gasteiger partial charge in [0.2, 0.25) is 5.95 Å². The maximum atomic E-state index is 13.3. The molecule has 5 heterocycles. The number of aliphatic hydroxyl groups is 1. The van der Waals surface area contributed by atoms with Crippen molar-refractivity contribution in [1.82, 2.24) is 24.9 Å². The summed E-state index contributed by atoms with van der Waals surface area (Å²) >= 11 is 7.39. The van der Waals surface area contributed by atoms with E-state index in [1.807, 2.05) is 11.8 Å². The summed E-state index contributed by atoms with van der Waals surface area (Å²) in [6.07, 6.45) is 5.78. The van der Waals surface area contributed by atoms with Crippen molar-refractivity contribution in [2.75, 3.05) is 30.4 Å². The Morgan fingerprint density at radius 1 is 1.14 bits per heavy atom. The molecule has 12 heteroatoms. The summed E-state index contributed by atoms with van der Waals surface area (Å²) in [5.74, 6) is 0.708. The molecule has 4 aromatic rings. The van der Waals surface area contributed by atoms with Crippen molar-refractivity contribution in [3.63, 3.8) is 0 Å². The first-order chi connectivity index (χ1) is 16.9. The van der Waals surface area contributed by atoms with Gasteiger partial charge in [0.05, 0.1) is 31.2 Å². The molecule has 0 radical (unpaired) electrons. The smallest absolute Gasteiger partial charge is 0.259 e. The highest BCUT2D eigenvalue weighted by Crippen LogP contribution is 2.34. The van der Waals surface area contributed by atoms with Crippen LogP contribution in [0.5, 0.6) is 5.75 Å². The van der Waals surface area contributed by atoms with Gasteiger partial charge in [-0.15, -0.1) is 0 Å². The number of aliphatic hydroxyl groups excluding tert-OH is 1. The van der Waals surface area contributed by atoms with Crippen molar-refractivity contribution < 1.29 is 14.6 Å². The van der Waals surface area contributed by atoms with E-state index in [-0.39, 0.29) is 17.2 Å². The van der Waals surface area contributed by atoms with Gasteiger partial charge < -0.3 is 14.7 Å². The molecule has 1 saturated heterocycles. The average molecular weight is 512 g/mol. The van der Waals surface area contributed by atoms with Crippen molar-refractivity contribution in [2.45, 2.75) is 25.9 Å². The number of hydrogen-bond donors (Lipinski definition) is 2. The fourth-order valence-corrected chi connectivity index (χ4v) is 4.88. The summed E-state index contributed by atoms with van der Waals surface area (Å²) in [4.78, 5) is 37.9. The van der Waals surface area contributed by atoms with E-state index in [4.69, 9.17) is 16.3 Å². The number of aryl methyl sites for hydroxylation is 1. The largest absolute Gasteiger partial charge is 0.494 e. The maximum Gasteiger partial charge on any atom is 0.259 e. The van der Waals surface area contributed by atoms with E-state index >= 15 is 0 Å². The lowest BCUT2D eigenvalue weighted by Gasteiger charge is -2.29. The number of fused-ring (bicyclic) bond motifs is 1. The van der Waals surface area contributed by atoms with Crippen molar-refractivity contribution in [3.8, 4) is 16.9 Å². The van der Waals surface area contributed by atoms with Crippen LogP contribution in [0.15, 0.2) is 30.7 Å². The zero-order chi connectivity index (χ0) is 24.5. The number of anilines is 2. The van der Waals surface area contributed by atoms with Gasteiger partial charge in [-0.3, -0.25) is 15.1 Å². The number of piperidine rings is 1. The lowest BCUT2D eigenvalue weighted by Crippen LogP contribution is -2.36. The molecular weight excluding hydrogens is 490 g/mol. The van der Waals surface area contributed by atoms with Gasteiger partial charge in [0.25, 0.3) is 5.91 Å². The Morgan fingerprint density at radius 3 is 2.71 bits per heavy atom. The van der Waals surface area contributed by atoms with Crippen LogP contribution in [0.4, 0.5) is 11.1 Å². The molecule has 10 nitrogen and oxygen atoms in total. The normalized spacial score (nSPS) is 14.3. The number of halogens is 1. The molecule has 0 spiro atoms. The second-order valence-corrected chi connectivity index (χ2v) is 9.50. The number of nitrogens with zero attached hydrogens (tertiary/aromatic N) is 6. The number of carbonyl (C=O) groups is 1. The van der Waals surface area contributed by atoms with Gasteiger partial charge in [-0.25, -0.2) is 15.0 Å². The Kier molecular flexibility index (Phi) is 6.46. The molecule has 1 aliphatic rings. The first-order valence-corrected chi connectivity index (χ1v) is 12.1. The predicted octanol–water partition coefficient (Wildman–Crippen LogP) is 3.73. The molecule has 1 aliphatic heterocycles. The first-order valence-electron chi connectivity index (χ1n) is 11.0. The number of nitrogens with one attached hydrogen (secondary N) is 1. The average Bonchev–Trinajstić information content (AvgIpc) is 3.25. The lowest BCUT2D eigenvalue weighted by atomic mass is 10.0. The summed E-state index contributed by atoms with van der Waals surface area (Å²) in [5, 5.41) is 13.3. The minimum Gasteiger partial charge on any atom is -0.494 e. The Labute approximate surface area is 210 Å². The summed E-state index contributed by atoms with van der Waals surface area (Å²) in [7, 11) is 1.53. The Hall–Kier alpha value is -3.41. The van der Waals surface area contributed by atoms with Crippen LogP contribution in [-0.4, -0.2) is 62.2 Å². The molecule has 180 valence electrons. The lowest BCUT2D eigenvalue weighted by molar-refractivity contribution is 0.102. The summed E-state index contributed by atoms with van der Waals surface area (Å²) in [6.45, 7) is 3.23. The first kappa shape index (κ1) is 23.3. The van der Waals surface area contributed by atoms with Gasteiger partial charge in [-0.05, 0) is 31.9 Å². The highest BCUT2D eigenvalue weighted by molar-refractivity contribution is 7.22. The van der Waals surface area contributed by atoms with Crippen LogP contribution in [0, 0.1) is 6.92 Å². The summed E-state index contributed by atoms with van der Waals surface area (Å²) in [5.41, 5.74) is 2.92. The van der Waals surface area contributed by atoms with Crippen LogP contribution >= 0.6 is 22.9 Å². The van der Waals surface area contributed by atoms with Gasteiger partial charge in [0.15, 0.2) is 9.96 Å². The van der Waals surface area contributed by atoms with Crippen molar-refractivity contribution in [1.29, 1.82) is 0 Å². The fourth-order valence-electron chi connectivity index (χ4n) is 3.92. The standard InChI is InChI=1S/C23H22ClN7O3S/c1-12-7-14(15-8-19(24)26-11-18(15)34-2)16(9-25-12)20(33)29-23-28-17-10-27-22(30-21(17)35-23)31-5-3-13(32)4-6-31/h7-11,13,32H,3-6H2,1-2H3,(H,28,29,33). The van der Waals surface area contributed by atoms with Gasteiger partial charge in [0, 0.05) is 36.1 Å². The third-order valence-corrected chi connectivity index (χ3v) is 6.82. The third kappa shape index (κ3) is 4.88. The number of hydrogen-bond acceptors (Lipinski definition) is 10. The van der Waals surface area contributed by atoms with Crippen LogP contribution in [0.1, 0.15) is 28.9 Å². The molecule has 0 aromatic carbocycles. The molecule has 1 fully saturated rings. The number of amides is 1. The van der Waals surface area contributed by atoms with Gasteiger partial charge in [0.1, 0.15) is 16.4 Å². The topological polar surface area (TPSA) is 126 Å². The number of pyridine rings is 2. The van der Waals surface area contributed by atoms with E-state index in [1.54, 1.807) is 18.3 Å². The molecular formula is C23H22ClN7O3S. The minimum atomic E-state index is -0.375. The quantitative estimate of drug-likeness (QED) is 0.385. The SMILES string of the molecule is COc1cnc(Cl)cc1-c1cc(C)ncc1C(=O)Nc1nc2cnc(N3CCC(O)CC3)nc2s1. The van der Waals surface area contributed by atoms with Gasteiger partial charge >= 0.3 is 0 Å². The highest BCUT2D eigenvalue weighted by atomic mass is 35.5. The molecule has 0 unspecified atom stereocenters. The number of carbonyl (C=O) groups excluding carboxylic acids is 1. The second kappa shape index (κ2) is 9.68. The van der Waals surface area contributed by atoms with Gasteiger partial charge in [-0.2, -0.15) is 4.98 Å². The molecule has 1 amide bonds. The van der Waals surface area contributed by atoms with E-state index in [2.05, 4.69) is 30.2 Å². The van der Waals surface area contributed by atoms with Crippen LogP contribution in [0.2, 0.25) is 5.15 Å². The second-order valence-electron chi connectivity index (χ2n) is 8.13. The Balaban J connectivity index is 1.43. The molecule has 0 bridgehead atoms. The maximum absolute atomic E-state index is 13.3. The predicted molar refractivity (Wildman–Crippen MR) is 134 cm³/mol. The van der Waals surface area contributed by atoms with Crippen molar-refractivity contribution in [3.05, 3.63) is 47.1 Å². The zero-order valence-electron chi connectivity index (χ0n) is 19.0. The molecule has 0 saturated carbocycles. The number of methoxy groups -OCH3 is 1. The number of aromatic nitrogens is 5. The van der Waals surface area contributed by atoms with Gasteiger partial charge in [-0.1, -0.05) is 22.9 Å². The van der Waals surface area contributed by atoms with E-state index in [0.29, 0.717) is 69.8 Å². The highest BCUT2D eigenvalue weighted by Gasteiger charge is 2.22. The van der Waals surface area contributed by atoms with Crippen LogP contribution in [0.3, 0.4) is 0 Å². The van der Waals surface area contributed by atoms with E-state index in [1.165, 1.54) is 30.8 Å². The molecule has 2 N–H and O–H groups in total. The van der Waals surface area contributed by atoms with Crippen molar-refractivity contribution in [2.24, 2.45) is 0 Å². The van der Waals surface area contributed by atoms with Crippen LogP contribution in [0.25, 0.3) is 21.5 Å².